The zero-order valence-corrected chi connectivity index (χ0v) is 10.6. The lowest BCUT2D eigenvalue weighted by molar-refractivity contribution is -0.119. The molecule has 19 heavy (non-hydrogen) atoms. The van der Waals surface area contributed by atoms with Crippen LogP contribution >= 0.6 is 0 Å². The van der Waals surface area contributed by atoms with Crippen molar-refractivity contribution in [1.29, 1.82) is 5.26 Å². The summed E-state index contributed by atoms with van der Waals surface area (Å²) < 4.78 is 0. The van der Waals surface area contributed by atoms with Crippen molar-refractivity contribution in [2.24, 2.45) is 0 Å². The van der Waals surface area contributed by atoms with Crippen LogP contribution in [-0.2, 0) is 4.79 Å². The second kappa shape index (κ2) is 5.83. The van der Waals surface area contributed by atoms with Crippen LogP contribution in [0, 0.1) is 11.3 Å². The molecule has 0 aliphatic rings. The first-order chi connectivity index (χ1) is 9.26. The molecule has 0 unspecified atom stereocenters. The molecule has 0 fully saturated rings. The molecule has 96 valence electrons. The van der Waals surface area contributed by atoms with Crippen molar-refractivity contribution in [2.75, 3.05) is 18.4 Å². The molecule has 1 heterocycles. The van der Waals surface area contributed by atoms with Gasteiger partial charge >= 0.3 is 0 Å². The van der Waals surface area contributed by atoms with Crippen LogP contribution < -0.4 is 10.6 Å². The molecule has 0 bridgehead atoms. The van der Waals surface area contributed by atoms with Crippen molar-refractivity contribution < 1.29 is 4.79 Å². The lowest BCUT2D eigenvalue weighted by Gasteiger charge is -2.10. The molecule has 0 aliphatic carbocycles. The predicted octanol–water partition coefficient (Wildman–Crippen LogP) is 1.65. The fraction of sp³-hybridized carbons (Fsp3) is 0.214. The minimum Gasteiger partial charge on any atom is -0.374 e. The summed E-state index contributed by atoms with van der Waals surface area (Å²) in [6, 6.07) is 9.60. The Morgan fingerprint density at radius 2 is 2.21 bits per heavy atom. The van der Waals surface area contributed by atoms with Crippen LogP contribution in [0.1, 0.15) is 12.5 Å². The summed E-state index contributed by atoms with van der Waals surface area (Å²) in [5, 5.41) is 15.7. The van der Waals surface area contributed by atoms with Crippen LogP contribution in [0.15, 0.2) is 30.5 Å². The standard InChI is InChI=1S/C14H14N4O/c1-2-16-13(19)9-18-14-10(7-15)8-17-12-6-4-3-5-11(12)14/h3-6,8H,2,9H2,1H3,(H,16,19)(H,17,18). The minimum absolute atomic E-state index is 0.104. The number of aromatic nitrogens is 1. The molecule has 0 atom stereocenters. The van der Waals surface area contributed by atoms with E-state index in [1.54, 1.807) is 0 Å². The quantitative estimate of drug-likeness (QED) is 0.869. The molecule has 2 rings (SSSR count). The van der Waals surface area contributed by atoms with E-state index in [1.165, 1.54) is 6.20 Å². The fourth-order valence-electron chi connectivity index (χ4n) is 1.84. The number of para-hydroxylation sites is 1. The highest BCUT2D eigenvalue weighted by Gasteiger charge is 2.09. The number of carbonyl (C=O) groups excluding carboxylic acids is 1. The van der Waals surface area contributed by atoms with Crippen LogP contribution in [-0.4, -0.2) is 24.0 Å². The zero-order chi connectivity index (χ0) is 13.7. The number of rotatable bonds is 4. The van der Waals surface area contributed by atoms with Gasteiger partial charge in [0, 0.05) is 18.1 Å². The van der Waals surface area contributed by atoms with E-state index in [0.717, 1.165) is 10.9 Å². The van der Waals surface area contributed by atoms with Crippen LogP contribution in [0.3, 0.4) is 0 Å². The first-order valence-electron chi connectivity index (χ1n) is 6.04. The fourth-order valence-corrected chi connectivity index (χ4v) is 1.84. The van der Waals surface area contributed by atoms with Gasteiger partial charge in [0.05, 0.1) is 23.3 Å². The first kappa shape index (κ1) is 12.8. The Hall–Kier alpha value is -2.61. The average Bonchev–Trinajstić information content (AvgIpc) is 2.44. The molecule has 5 heteroatoms. The van der Waals surface area contributed by atoms with E-state index >= 15 is 0 Å². The zero-order valence-electron chi connectivity index (χ0n) is 10.6. The summed E-state index contributed by atoms with van der Waals surface area (Å²) in [6.07, 6.45) is 1.52. The van der Waals surface area contributed by atoms with Crippen molar-refractivity contribution in [2.45, 2.75) is 6.92 Å². The molecule has 2 aromatic rings. The van der Waals surface area contributed by atoms with Gasteiger partial charge in [0.25, 0.3) is 0 Å². The van der Waals surface area contributed by atoms with Crippen LogP contribution in [0.5, 0.6) is 0 Å². The Morgan fingerprint density at radius 1 is 1.42 bits per heavy atom. The van der Waals surface area contributed by atoms with Crippen LogP contribution in [0.2, 0.25) is 0 Å². The Labute approximate surface area is 111 Å². The van der Waals surface area contributed by atoms with Crippen LogP contribution in [0.4, 0.5) is 5.69 Å². The van der Waals surface area contributed by atoms with Crippen molar-refractivity contribution in [3.8, 4) is 6.07 Å². The lowest BCUT2D eigenvalue weighted by atomic mass is 10.1. The molecule has 2 N–H and O–H groups in total. The number of benzene rings is 1. The normalized spacial score (nSPS) is 9.89. The van der Waals surface area contributed by atoms with E-state index < -0.39 is 0 Å². The second-order valence-electron chi connectivity index (χ2n) is 3.98. The third kappa shape index (κ3) is 2.80. The molecular formula is C14H14N4O. The first-order valence-corrected chi connectivity index (χ1v) is 6.04. The van der Waals surface area contributed by atoms with E-state index in [1.807, 2.05) is 31.2 Å². The van der Waals surface area contributed by atoms with Crippen molar-refractivity contribution in [3.05, 3.63) is 36.0 Å². The number of pyridine rings is 1. The van der Waals surface area contributed by atoms with Crippen molar-refractivity contribution >= 4 is 22.5 Å². The average molecular weight is 254 g/mol. The van der Waals surface area contributed by atoms with Gasteiger partial charge in [-0.1, -0.05) is 18.2 Å². The van der Waals surface area contributed by atoms with Crippen molar-refractivity contribution in [3.63, 3.8) is 0 Å². The molecule has 1 amide bonds. The maximum absolute atomic E-state index is 11.5. The number of nitrogens with one attached hydrogen (secondary N) is 2. The van der Waals surface area contributed by atoms with Gasteiger partial charge in [-0.2, -0.15) is 5.26 Å². The van der Waals surface area contributed by atoms with E-state index in [0.29, 0.717) is 17.8 Å². The number of amides is 1. The number of fused-ring (bicyclic) bond motifs is 1. The van der Waals surface area contributed by atoms with Gasteiger partial charge in [-0.25, -0.2) is 0 Å². The van der Waals surface area contributed by atoms with Gasteiger partial charge in [-0.15, -0.1) is 0 Å². The highest BCUT2D eigenvalue weighted by molar-refractivity contribution is 5.95. The highest BCUT2D eigenvalue weighted by Crippen LogP contribution is 2.24. The molecule has 0 saturated heterocycles. The maximum Gasteiger partial charge on any atom is 0.239 e. The van der Waals surface area contributed by atoms with Gasteiger partial charge in [0.2, 0.25) is 5.91 Å². The van der Waals surface area contributed by atoms with Crippen molar-refractivity contribution in [1.82, 2.24) is 10.3 Å². The monoisotopic (exact) mass is 254 g/mol. The summed E-state index contributed by atoms with van der Waals surface area (Å²) in [7, 11) is 0. The van der Waals surface area contributed by atoms with Gasteiger partial charge < -0.3 is 10.6 Å². The Bertz CT molecular complexity index is 645. The molecule has 5 nitrogen and oxygen atoms in total. The largest absolute Gasteiger partial charge is 0.374 e. The van der Waals surface area contributed by atoms with Gasteiger partial charge in [-0.3, -0.25) is 9.78 Å². The molecule has 0 saturated carbocycles. The number of carbonyl (C=O) groups is 1. The SMILES string of the molecule is CCNC(=O)CNc1c(C#N)cnc2ccccc12. The topological polar surface area (TPSA) is 77.8 Å². The van der Waals surface area contributed by atoms with E-state index in [9.17, 15) is 4.79 Å². The third-order valence-electron chi connectivity index (χ3n) is 2.70. The molecule has 1 aromatic carbocycles. The minimum atomic E-state index is -0.104. The van der Waals surface area contributed by atoms with Gasteiger partial charge in [0.15, 0.2) is 0 Å². The number of likely N-dealkylation sites (N-methyl/N-ethyl adjacent to an activating group) is 1. The maximum atomic E-state index is 11.5. The van der Waals surface area contributed by atoms with Gasteiger partial charge in [0.1, 0.15) is 6.07 Å². The molecule has 0 aliphatic heterocycles. The smallest absolute Gasteiger partial charge is 0.239 e. The lowest BCUT2D eigenvalue weighted by Crippen LogP contribution is -2.29. The summed E-state index contributed by atoms with van der Waals surface area (Å²) in [5.41, 5.74) is 1.88. The second-order valence-corrected chi connectivity index (χ2v) is 3.98. The van der Waals surface area contributed by atoms with Crippen LogP contribution in [0.25, 0.3) is 10.9 Å². The summed E-state index contributed by atoms with van der Waals surface area (Å²) in [6.45, 7) is 2.58. The molecular weight excluding hydrogens is 240 g/mol. The number of nitriles is 1. The Morgan fingerprint density at radius 3 is 2.95 bits per heavy atom. The van der Waals surface area contributed by atoms with E-state index in [4.69, 9.17) is 5.26 Å². The van der Waals surface area contributed by atoms with Gasteiger partial charge in [-0.05, 0) is 13.0 Å². The molecule has 0 spiro atoms. The number of hydrogen-bond acceptors (Lipinski definition) is 4. The van der Waals surface area contributed by atoms with E-state index in [2.05, 4.69) is 21.7 Å². The highest BCUT2D eigenvalue weighted by atomic mass is 16.1. The Balaban J connectivity index is 2.34. The Kier molecular flexibility index (Phi) is 3.94. The third-order valence-corrected chi connectivity index (χ3v) is 2.70. The number of hydrogen-bond donors (Lipinski definition) is 2. The molecule has 1 aromatic heterocycles. The molecule has 0 radical (unpaired) electrons. The van der Waals surface area contributed by atoms with E-state index in [-0.39, 0.29) is 12.5 Å². The predicted molar refractivity (Wildman–Crippen MR) is 73.6 cm³/mol. The summed E-state index contributed by atoms with van der Waals surface area (Å²) in [4.78, 5) is 15.7. The number of anilines is 1. The summed E-state index contributed by atoms with van der Waals surface area (Å²) in [5.74, 6) is -0.104. The summed E-state index contributed by atoms with van der Waals surface area (Å²) >= 11 is 0. The number of nitrogens with zero attached hydrogens (tertiary/aromatic N) is 2.